The maximum atomic E-state index is 14.1. The molecule has 0 bridgehead atoms. The number of nitrogens with zero attached hydrogens (tertiary/aromatic N) is 1. The molecule has 0 radical (unpaired) electrons. The highest BCUT2D eigenvalue weighted by Crippen LogP contribution is 2.21. The number of carbonyl (C=O) groups is 12. The van der Waals surface area contributed by atoms with Crippen LogP contribution in [0.3, 0.4) is 0 Å². The van der Waals surface area contributed by atoms with Gasteiger partial charge in [0, 0.05) is 25.8 Å². The van der Waals surface area contributed by atoms with Crippen LogP contribution in [0.5, 0.6) is 0 Å². The number of carboxylic acids is 5. The molecule has 1 saturated heterocycles. The van der Waals surface area contributed by atoms with Gasteiger partial charge in [0.2, 0.25) is 41.4 Å². The summed E-state index contributed by atoms with van der Waals surface area (Å²) in [5.41, 5.74) is 12.0. The minimum absolute atomic E-state index is 0.00378. The Balaban J connectivity index is 2.35. The Kier molecular flexibility index (Phi) is 23.3. The summed E-state index contributed by atoms with van der Waals surface area (Å²) < 4.78 is 0. The number of unbranched alkanes of at least 4 members (excludes halogenated alkanes) is 1. The largest absolute Gasteiger partial charge is 0.481 e. The van der Waals surface area contributed by atoms with Crippen molar-refractivity contribution in [3.8, 4) is 0 Å². The fourth-order valence-corrected chi connectivity index (χ4v) is 6.79. The van der Waals surface area contributed by atoms with Crippen molar-refractivity contribution in [1.82, 2.24) is 36.8 Å². The molecule has 1 aromatic rings. The molecule has 2 rings (SSSR count). The van der Waals surface area contributed by atoms with Crippen LogP contribution in [-0.2, 0) is 64.0 Å². The summed E-state index contributed by atoms with van der Waals surface area (Å²) in [4.78, 5) is 153. The van der Waals surface area contributed by atoms with Crippen molar-refractivity contribution in [3.63, 3.8) is 0 Å². The van der Waals surface area contributed by atoms with Crippen LogP contribution in [0.15, 0.2) is 30.3 Å². The molecule has 26 heteroatoms. The Labute approximate surface area is 383 Å². The van der Waals surface area contributed by atoms with Crippen LogP contribution < -0.4 is 43.4 Å². The molecule has 8 atom stereocenters. The van der Waals surface area contributed by atoms with Gasteiger partial charge < -0.3 is 73.8 Å². The first-order chi connectivity index (χ1) is 31.5. The van der Waals surface area contributed by atoms with Crippen LogP contribution in [-0.4, -0.2) is 163 Å². The molecule has 1 aromatic carbocycles. The first-order valence-electron chi connectivity index (χ1n) is 21.3. The normalized spacial score (nSPS) is 16.3. The summed E-state index contributed by atoms with van der Waals surface area (Å²) >= 11 is 0. The first-order valence-corrected chi connectivity index (χ1v) is 21.3. The zero-order chi connectivity index (χ0) is 50.4. The molecule has 0 aliphatic carbocycles. The van der Waals surface area contributed by atoms with Crippen LogP contribution in [0.2, 0.25) is 0 Å². The summed E-state index contributed by atoms with van der Waals surface area (Å²) in [7, 11) is 0. The lowest BCUT2D eigenvalue weighted by atomic mass is 10.0. The molecular formula is C41H59N9O17. The third-order valence-corrected chi connectivity index (χ3v) is 10.4. The molecule has 1 aliphatic heterocycles. The second-order valence-electron chi connectivity index (χ2n) is 15.7. The van der Waals surface area contributed by atoms with Gasteiger partial charge in [-0.25, -0.2) is 4.79 Å². The Hall–Kier alpha value is -7.22. The van der Waals surface area contributed by atoms with Gasteiger partial charge in [0.15, 0.2) is 0 Å². The lowest BCUT2D eigenvalue weighted by Gasteiger charge is -2.30. The molecule has 0 aromatic heterocycles. The Bertz CT molecular complexity index is 1970. The fourth-order valence-electron chi connectivity index (χ4n) is 6.79. The topological polar surface area (TPSA) is 433 Å². The van der Waals surface area contributed by atoms with Crippen LogP contribution in [0.25, 0.3) is 0 Å². The third kappa shape index (κ3) is 19.8. The summed E-state index contributed by atoms with van der Waals surface area (Å²) in [6, 6.07) is -4.25. The van der Waals surface area contributed by atoms with E-state index in [1.54, 1.807) is 30.3 Å². The number of hydrogen-bond acceptors (Lipinski definition) is 14. The molecule has 1 heterocycles. The van der Waals surface area contributed by atoms with Crippen molar-refractivity contribution < 1.29 is 83.1 Å². The zero-order valence-corrected chi connectivity index (χ0v) is 36.6. The standard InChI is InChI=1S/C41H59N9O17/c1-21(34(59)49-28(41(66)67)20-33(57)58)44-39(64)29-11-7-17-50(29)40(65)25(10-5-6-16-42)46-36(61)24(13-15-31(53)54)45-38(63)27(19-32(55)56)48-37(62)26(18-22-8-3-2-4-9-22)47-35(60)23(43)12-14-30(51)52/h2-4,8-9,21,23-29H,5-7,10-20,42-43H2,1H3,(H,44,64)(H,45,63)(H,46,61)(H,47,60)(H,48,62)(H,49,59)(H,51,52)(H,53,54)(H,55,56)(H,57,58)(H,66,67)/t21-,23-,24-,25-,26-,27-,28-,29-/m0/s1. The molecule has 370 valence electrons. The number of benzene rings is 1. The second kappa shape index (κ2) is 28.0. The molecule has 0 spiro atoms. The minimum Gasteiger partial charge on any atom is -0.481 e. The predicted molar refractivity (Wildman–Crippen MR) is 229 cm³/mol. The van der Waals surface area contributed by atoms with Gasteiger partial charge in [-0.05, 0) is 64.0 Å². The Morgan fingerprint density at radius 3 is 1.72 bits per heavy atom. The molecular weight excluding hydrogens is 890 g/mol. The Morgan fingerprint density at radius 2 is 1.13 bits per heavy atom. The van der Waals surface area contributed by atoms with Gasteiger partial charge >= 0.3 is 29.8 Å². The van der Waals surface area contributed by atoms with Crippen molar-refractivity contribution in [2.75, 3.05) is 13.1 Å². The monoisotopic (exact) mass is 949 g/mol. The van der Waals surface area contributed by atoms with E-state index in [2.05, 4.69) is 26.6 Å². The number of nitrogens with one attached hydrogen (secondary N) is 6. The van der Waals surface area contributed by atoms with Crippen LogP contribution >= 0.6 is 0 Å². The quantitative estimate of drug-likeness (QED) is 0.0331. The highest BCUT2D eigenvalue weighted by molar-refractivity contribution is 5.99. The van der Waals surface area contributed by atoms with E-state index in [1.165, 1.54) is 6.92 Å². The number of carboxylic acid groups (broad SMARTS) is 5. The van der Waals surface area contributed by atoms with E-state index in [0.717, 1.165) is 4.90 Å². The highest BCUT2D eigenvalue weighted by Gasteiger charge is 2.40. The van der Waals surface area contributed by atoms with Crippen molar-refractivity contribution in [2.24, 2.45) is 11.5 Å². The molecule has 7 amide bonds. The highest BCUT2D eigenvalue weighted by atomic mass is 16.4. The van der Waals surface area contributed by atoms with E-state index in [-0.39, 0.29) is 51.6 Å². The lowest BCUT2D eigenvalue weighted by molar-refractivity contribution is -0.147. The zero-order valence-electron chi connectivity index (χ0n) is 36.6. The van der Waals surface area contributed by atoms with E-state index in [9.17, 15) is 72.9 Å². The smallest absolute Gasteiger partial charge is 0.326 e. The van der Waals surface area contributed by atoms with Gasteiger partial charge in [0.1, 0.15) is 42.3 Å². The lowest BCUT2D eigenvalue weighted by Crippen LogP contribution is -2.60. The van der Waals surface area contributed by atoms with Gasteiger partial charge in [-0.2, -0.15) is 0 Å². The molecule has 0 unspecified atom stereocenters. The average molecular weight is 950 g/mol. The molecule has 15 N–H and O–H groups in total. The minimum atomic E-state index is -1.94. The maximum Gasteiger partial charge on any atom is 0.326 e. The molecule has 1 aliphatic rings. The van der Waals surface area contributed by atoms with Gasteiger partial charge in [0.25, 0.3) is 0 Å². The van der Waals surface area contributed by atoms with Crippen molar-refractivity contribution in [2.45, 2.75) is 132 Å². The van der Waals surface area contributed by atoms with Crippen molar-refractivity contribution in [3.05, 3.63) is 35.9 Å². The molecule has 26 nitrogen and oxygen atoms in total. The van der Waals surface area contributed by atoms with Crippen LogP contribution in [0, 0.1) is 0 Å². The summed E-state index contributed by atoms with van der Waals surface area (Å²) in [6.07, 6.45) is -3.40. The van der Waals surface area contributed by atoms with Gasteiger partial charge in [0.05, 0.1) is 18.9 Å². The number of nitrogens with two attached hydrogens (primary N) is 2. The average Bonchev–Trinajstić information content (AvgIpc) is 3.76. The number of rotatable bonds is 30. The van der Waals surface area contributed by atoms with Crippen LogP contribution in [0.4, 0.5) is 0 Å². The number of likely N-dealkylation sites (tertiary alicyclic amines) is 1. The summed E-state index contributed by atoms with van der Waals surface area (Å²) in [5.74, 6) is -14.4. The molecule has 0 saturated carbocycles. The van der Waals surface area contributed by atoms with Gasteiger partial charge in [-0.15, -0.1) is 0 Å². The van der Waals surface area contributed by atoms with E-state index >= 15 is 0 Å². The summed E-state index contributed by atoms with van der Waals surface area (Å²) in [6.45, 7) is 1.38. The third-order valence-electron chi connectivity index (χ3n) is 10.4. The number of amides is 7. The van der Waals surface area contributed by atoms with Crippen molar-refractivity contribution in [1.29, 1.82) is 0 Å². The van der Waals surface area contributed by atoms with E-state index in [0.29, 0.717) is 12.0 Å². The first kappa shape index (κ1) is 55.9. The maximum absolute atomic E-state index is 14.1. The summed E-state index contributed by atoms with van der Waals surface area (Å²) in [5, 5.41) is 60.2. The second-order valence-corrected chi connectivity index (χ2v) is 15.7. The fraction of sp³-hybridized carbons (Fsp3) is 0.561. The Morgan fingerprint density at radius 1 is 0.612 bits per heavy atom. The predicted octanol–water partition coefficient (Wildman–Crippen LogP) is -3.63. The molecule has 67 heavy (non-hydrogen) atoms. The molecule has 1 fully saturated rings. The number of aliphatic carboxylic acids is 5. The van der Waals surface area contributed by atoms with E-state index in [4.69, 9.17) is 21.7 Å². The SMILES string of the molecule is C[C@H](NC(=O)[C@@H]1CCCN1C(=O)[C@H](CCCCN)NC(=O)[C@H](CCC(=O)O)NC(=O)[C@H](CC(=O)O)NC(=O)[C@H](Cc1ccccc1)NC(=O)[C@@H](N)CCC(=O)O)C(=O)N[C@@H](CC(=O)O)C(=O)O. The van der Waals surface area contributed by atoms with E-state index < -0.39 is 152 Å². The number of hydrogen-bond donors (Lipinski definition) is 13. The van der Waals surface area contributed by atoms with Gasteiger partial charge in [-0.3, -0.25) is 52.7 Å². The number of carbonyl (C=O) groups excluding carboxylic acids is 7. The van der Waals surface area contributed by atoms with Gasteiger partial charge in [-0.1, -0.05) is 30.3 Å². The van der Waals surface area contributed by atoms with E-state index in [1.807, 2.05) is 5.32 Å². The van der Waals surface area contributed by atoms with Crippen LogP contribution in [0.1, 0.15) is 83.1 Å². The van der Waals surface area contributed by atoms with Crippen molar-refractivity contribution >= 4 is 71.2 Å².